The minimum atomic E-state index is 0.930. The van der Waals surface area contributed by atoms with E-state index in [0.717, 1.165) is 49.5 Å². The standard InChI is InChI=1S/C16H19BrN2O/c17-15-5-3-14(4-6-15)12-18-7-9-19(10-8-18)13-16-2-1-11-20-16/h1-6,11H,7-10,12-13H2. The van der Waals surface area contributed by atoms with E-state index >= 15 is 0 Å². The molecular formula is C16H19BrN2O. The third kappa shape index (κ3) is 3.72. The summed E-state index contributed by atoms with van der Waals surface area (Å²) in [5, 5.41) is 0. The van der Waals surface area contributed by atoms with Gasteiger partial charge in [0.15, 0.2) is 0 Å². The lowest BCUT2D eigenvalue weighted by molar-refractivity contribution is 0.116. The van der Waals surface area contributed by atoms with E-state index in [1.54, 1.807) is 6.26 Å². The molecule has 1 aromatic heterocycles. The van der Waals surface area contributed by atoms with Gasteiger partial charge in [-0.05, 0) is 29.8 Å². The molecule has 0 saturated carbocycles. The van der Waals surface area contributed by atoms with E-state index in [1.807, 2.05) is 12.1 Å². The highest BCUT2D eigenvalue weighted by molar-refractivity contribution is 9.10. The molecule has 3 rings (SSSR count). The molecule has 0 N–H and O–H groups in total. The highest BCUT2D eigenvalue weighted by Crippen LogP contribution is 2.14. The molecule has 1 aliphatic heterocycles. The molecule has 0 radical (unpaired) electrons. The third-order valence-corrected chi connectivity index (χ3v) is 4.27. The van der Waals surface area contributed by atoms with E-state index in [4.69, 9.17) is 4.42 Å². The summed E-state index contributed by atoms with van der Waals surface area (Å²) in [7, 11) is 0. The predicted molar refractivity (Wildman–Crippen MR) is 83.4 cm³/mol. The highest BCUT2D eigenvalue weighted by atomic mass is 79.9. The Labute approximate surface area is 128 Å². The SMILES string of the molecule is Brc1ccc(CN2CCN(Cc3ccco3)CC2)cc1. The van der Waals surface area contributed by atoms with Crippen molar-refractivity contribution in [1.29, 1.82) is 0 Å². The first kappa shape index (κ1) is 13.9. The normalized spacial score (nSPS) is 17.4. The predicted octanol–water partition coefficient (Wildman–Crippen LogP) is 3.36. The van der Waals surface area contributed by atoms with Gasteiger partial charge in [-0.1, -0.05) is 28.1 Å². The van der Waals surface area contributed by atoms with Gasteiger partial charge in [-0.25, -0.2) is 0 Å². The number of hydrogen-bond donors (Lipinski definition) is 0. The van der Waals surface area contributed by atoms with Crippen molar-refractivity contribution < 1.29 is 4.42 Å². The second-order valence-electron chi connectivity index (χ2n) is 5.26. The van der Waals surface area contributed by atoms with E-state index in [2.05, 4.69) is 50.0 Å². The van der Waals surface area contributed by atoms with Crippen molar-refractivity contribution in [3.8, 4) is 0 Å². The Bertz CT molecular complexity index is 516. The van der Waals surface area contributed by atoms with Crippen LogP contribution in [0.25, 0.3) is 0 Å². The van der Waals surface area contributed by atoms with Gasteiger partial charge in [0, 0.05) is 37.2 Å². The van der Waals surface area contributed by atoms with Gasteiger partial charge >= 0.3 is 0 Å². The average Bonchev–Trinajstić information content (AvgIpc) is 2.96. The number of nitrogens with zero attached hydrogens (tertiary/aromatic N) is 2. The molecule has 2 heterocycles. The van der Waals surface area contributed by atoms with Crippen LogP contribution in [0.1, 0.15) is 11.3 Å². The molecule has 4 heteroatoms. The fourth-order valence-electron chi connectivity index (χ4n) is 2.58. The molecule has 0 bridgehead atoms. The average molecular weight is 335 g/mol. The summed E-state index contributed by atoms with van der Waals surface area (Å²) < 4.78 is 6.55. The van der Waals surface area contributed by atoms with Crippen molar-refractivity contribution in [2.75, 3.05) is 26.2 Å². The third-order valence-electron chi connectivity index (χ3n) is 3.74. The molecule has 0 amide bonds. The molecule has 1 saturated heterocycles. The molecule has 0 spiro atoms. The quantitative estimate of drug-likeness (QED) is 0.854. The minimum absolute atomic E-state index is 0.930. The Morgan fingerprint density at radius 3 is 2.15 bits per heavy atom. The lowest BCUT2D eigenvalue weighted by Crippen LogP contribution is -2.45. The number of rotatable bonds is 4. The number of hydrogen-bond acceptors (Lipinski definition) is 3. The zero-order valence-electron chi connectivity index (χ0n) is 11.5. The van der Waals surface area contributed by atoms with Crippen LogP contribution in [0.3, 0.4) is 0 Å². The molecule has 20 heavy (non-hydrogen) atoms. The zero-order chi connectivity index (χ0) is 13.8. The van der Waals surface area contributed by atoms with Crippen LogP contribution in [0.5, 0.6) is 0 Å². The lowest BCUT2D eigenvalue weighted by Gasteiger charge is -2.34. The van der Waals surface area contributed by atoms with Gasteiger partial charge < -0.3 is 4.42 Å². The van der Waals surface area contributed by atoms with Crippen molar-refractivity contribution in [3.63, 3.8) is 0 Å². The summed E-state index contributed by atoms with van der Waals surface area (Å²) in [6.45, 7) is 6.43. The van der Waals surface area contributed by atoms with Gasteiger partial charge in [-0.15, -0.1) is 0 Å². The number of benzene rings is 1. The number of furan rings is 1. The summed E-state index contributed by atoms with van der Waals surface area (Å²) in [5.41, 5.74) is 1.38. The van der Waals surface area contributed by atoms with Crippen molar-refractivity contribution in [1.82, 2.24) is 9.80 Å². The largest absolute Gasteiger partial charge is 0.468 e. The number of piperazine rings is 1. The smallest absolute Gasteiger partial charge is 0.117 e. The lowest BCUT2D eigenvalue weighted by atomic mass is 10.2. The molecular weight excluding hydrogens is 316 g/mol. The van der Waals surface area contributed by atoms with Crippen LogP contribution in [0.2, 0.25) is 0 Å². The Hall–Kier alpha value is -1.10. The first-order chi connectivity index (χ1) is 9.79. The second kappa shape index (κ2) is 6.57. The first-order valence-corrected chi connectivity index (χ1v) is 7.80. The summed E-state index contributed by atoms with van der Waals surface area (Å²) >= 11 is 3.48. The maximum absolute atomic E-state index is 5.41. The van der Waals surface area contributed by atoms with Gasteiger partial charge in [0.1, 0.15) is 5.76 Å². The van der Waals surface area contributed by atoms with Gasteiger partial charge in [0.25, 0.3) is 0 Å². The van der Waals surface area contributed by atoms with E-state index in [1.165, 1.54) is 5.56 Å². The van der Waals surface area contributed by atoms with Gasteiger partial charge in [-0.3, -0.25) is 9.80 Å². The van der Waals surface area contributed by atoms with Crippen LogP contribution in [0.4, 0.5) is 0 Å². The molecule has 2 aromatic rings. The Kier molecular flexibility index (Phi) is 4.55. The fourth-order valence-corrected chi connectivity index (χ4v) is 2.84. The fraction of sp³-hybridized carbons (Fsp3) is 0.375. The molecule has 1 aromatic carbocycles. The van der Waals surface area contributed by atoms with Crippen molar-refractivity contribution >= 4 is 15.9 Å². The Morgan fingerprint density at radius 1 is 0.900 bits per heavy atom. The van der Waals surface area contributed by atoms with Crippen molar-refractivity contribution in [2.45, 2.75) is 13.1 Å². The van der Waals surface area contributed by atoms with E-state index in [9.17, 15) is 0 Å². The molecule has 0 atom stereocenters. The molecule has 106 valence electrons. The van der Waals surface area contributed by atoms with Crippen LogP contribution < -0.4 is 0 Å². The van der Waals surface area contributed by atoms with Crippen LogP contribution in [0, 0.1) is 0 Å². The second-order valence-corrected chi connectivity index (χ2v) is 6.17. The van der Waals surface area contributed by atoms with E-state index < -0.39 is 0 Å². The summed E-state index contributed by atoms with van der Waals surface area (Å²) in [6.07, 6.45) is 1.75. The molecule has 3 nitrogen and oxygen atoms in total. The highest BCUT2D eigenvalue weighted by Gasteiger charge is 2.17. The van der Waals surface area contributed by atoms with Gasteiger partial charge in [-0.2, -0.15) is 0 Å². The molecule has 0 aliphatic carbocycles. The van der Waals surface area contributed by atoms with E-state index in [-0.39, 0.29) is 0 Å². The monoisotopic (exact) mass is 334 g/mol. The van der Waals surface area contributed by atoms with Crippen molar-refractivity contribution in [3.05, 3.63) is 58.5 Å². The minimum Gasteiger partial charge on any atom is -0.468 e. The maximum Gasteiger partial charge on any atom is 0.117 e. The van der Waals surface area contributed by atoms with Crippen LogP contribution >= 0.6 is 15.9 Å². The summed E-state index contributed by atoms with van der Waals surface area (Å²) in [4.78, 5) is 4.97. The maximum atomic E-state index is 5.41. The first-order valence-electron chi connectivity index (χ1n) is 7.01. The topological polar surface area (TPSA) is 19.6 Å². The molecule has 0 unspecified atom stereocenters. The zero-order valence-corrected chi connectivity index (χ0v) is 13.1. The van der Waals surface area contributed by atoms with Gasteiger partial charge in [0.05, 0.1) is 12.8 Å². The Balaban J connectivity index is 1.47. The molecule has 1 aliphatic rings. The van der Waals surface area contributed by atoms with Crippen LogP contribution in [0.15, 0.2) is 51.6 Å². The van der Waals surface area contributed by atoms with Gasteiger partial charge in [0.2, 0.25) is 0 Å². The van der Waals surface area contributed by atoms with Crippen LogP contribution in [-0.4, -0.2) is 36.0 Å². The number of halogens is 1. The Morgan fingerprint density at radius 2 is 1.55 bits per heavy atom. The summed E-state index contributed by atoms with van der Waals surface area (Å²) in [5.74, 6) is 1.06. The van der Waals surface area contributed by atoms with Crippen LogP contribution in [-0.2, 0) is 13.1 Å². The molecule has 1 fully saturated rings. The summed E-state index contributed by atoms with van der Waals surface area (Å²) in [6, 6.07) is 12.6. The van der Waals surface area contributed by atoms with E-state index in [0.29, 0.717) is 0 Å². The van der Waals surface area contributed by atoms with Crippen molar-refractivity contribution in [2.24, 2.45) is 0 Å².